The minimum Gasteiger partial charge on any atom is -0.348 e. The number of anilines is 1. The van der Waals surface area contributed by atoms with Gasteiger partial charge in [-0.25, -0.2) is 4.79 Å². The quantitative estimate of drug-likeness (QED) is 0.474. The maximum atomic E-state index is 12.7. The van der Waals surface area contributed by atoms with Crippen molar-refractivity contribution in [2.24, 2.45) is 0 Å². The molecule has 1 aliphatic rings. The molecule has 1 fully saturated rings. The second-order valence-corrected chi connectivity index (χ2v) is 8.94. The molecule has 3 aromatic carbocycles. The van der Waals surface area contributed by atoms with Crippen LogP contribution in [0.4, 0.5) is 10.5 Å². The predicted molar refractivity (Wildman–Crippen MR) is 131 cm³/mol. The highest BCUT2D eigenvalue weighted by molar-refractivity contribution is 9.10. The highest BCUT2D eigenvalue weighted by Crippen LogP contribution is 2.28. The molecule has 5 nitrogen and oxygen atoms in total. The molecule has 1 aliphatic heterocycles. The average Bonchev–Trinajstić information content (AvgIpc) is 2.83. The number of hydrogen-bond acceptors (Lipinski definition) is 2. The summed E-state index contributed by atoms with van der Waals surface area (Å²) in [6.45, 7) is 1.85. The lowest BCUT2D eigenvalue weighted by atomic mass is 9.89. The Labute approximate surface area is 197 Å². The highest BCUT2D eigenvalue weighted by Gasteiger charge is 2.25. The van der Waals surface area contributed by atoms with Crippen LogP contribution in [0.5, 0.6) is 0 Å². The van der Waals surface area contributed by atoms with E-state index < -0.39 is 0 Å². The third kappa shape index (κ3) is 5.77. The molecular formula is C26H26BrN3O2. The van der Waals surface area contributed by atoms with Gasteiger partial charge in [0.05, 0.1) is 0 Å². The van der Waals surface area contributed by atoms with E-state index in [4.69, 9.17) is 0 Å². The molecule has 0 saturated carbocycles. The molecule has 0 spiro atoms. The number of carbonyl (C=O) groups is 2. The number of halogens is 1. The van der Waals surface area contributed by atoms with E-state index in [0.717, 1.165) is 40.7 Å². The molecule has 0 aromatic heterocycles. The normalized spacial score (nSPS) is 15.8. The van der Waals surface area contributed by atoms with Gasteiger partial charge in [0.1, 0.15) is 0 Å². The summed E-state index contributed by atoms with van der Waals surface area (Å²) >= 11 is 3.46. The smallest absolute Gasteiger partial charge is 0.321 e. The van der Waals surface area contributed by atoms with Crippen LogP contribution in [0.3, 0.4) is 0 Å². The zero-order chi connectivity index (χ0) is 22.3. The first kappa shape index (κ1) is 22.1. The van der Waals surface area contributed by atoms with Gasteiger partial charge in [0.2, 0.25) is 0 Å². The summed E-state index contributed by atoms with van der Waals surface area (Å²) < 4.78 is 0.990. The molecule has 32 heavy (non-hydrogen) atoms. The van der Waals surface area contributed by atoms with Crippen LogP contribution in [0, 0.1) is 0 Å². The fourth-order valence-electron chi connectivity index (χ4n) is 4.02. The molecule has 2 N–H and O–H groups in total. The van der Waals surface area contributed by atoms with Gasteiger partial charge < -0.3 is 15.5 Å². The number of carbonyl (C=O) groups excluding carboxylic acids is 2. The summed E-state index contributed by atoms with van der Waals surface area (Å²) in [6.07, 6.45) is 1.93. The van der Waals surface area contributed by atoms with E-state index in [1.807, 2.05) is 83.8 Å². The standard InChI is InChI=1S/C26H26BrN3O2/c27-23-11-4-7-19(15-23)17-28-25(31)21-9-5-8-20(16-21)22-10-6-14-30(18-22)26(32)29-24-12-2-1-3-13-24/h1-5,7-9,11-13,15-16,22H,6,10,14,17-18H2,(H,28,31)(H,29,32)/t22-/m0/s1. The molecule has 6 heteroatoms. The van der Waals surface area contributed by atoms with Crippen molar-refractivity contribution in [1.29, 1.82) is 0 Å². The summed E-state index contributed by atoms with van der Waals surface area (Å²) in [5, 5.41) is 5.96. The fraction of sp³-hybridized carbons (Fsp3) is 0.231. The largest absolute Gasteiger partial charge is 0.348 e. The Hall–Kier alpha value is -3.12. The minimum absolute atomic E-state index is 0.0798. The van der Waals surface area contributed by atoms with Gasteiger partial charge in [-0.15, -0.1) is 0 Å². The second kappa shape index (κ2) is 10.5. The lowest BCUT2D eigenvalue weighted by molar-refractivity contribution is 0.0950. The molecule has 4 rings (SSSR count). The topological polar surface area (TPSA) is 61.4 Å². The van der Waals surface area contributed by atoms with E-state index in [1.54, 1.807) is 0 Å². The molecule has 0 bridgehead atoms. The van der Waals surface area contributed by atoms with Crippen LogP contribution in [0.25, 0.3) is 0 Å². The van der Waals surface area contributed by atoms with Crippen molar-refractivity contribution in [1.82, 2.24) is 10.2 Å². The van der Waals surface area contributed by atoms with Gasteiger partial charge in [-0.05, 0) is 60.4 Å². The summed E-state index contributed by atoms with van der Waals surface area (Å²) in [6, 6.07) is 25.1. The Balaban J connectivity index is 1.38. The summed E-state index contributed by atoms with van der Waals surface area (Å²) in [5.74, 6) is 0.115. The van der Waals surface area contributed by atoms with Crippen molar-refractivity contribution >= 4 is 33.6 Å². The van der Waals surface area contributed by atoms with Gasteiger partial charge in [-0.3, -0.25) is 4.79 Å². The molecular weight excluding hydrogens is 466 g/mol. The minimum atomic E-state index is -0.0960. The zero-order valence-corrected chi connectivity index (χ0v) is 19.3. The van der Waals surface area contributed by atoms with Crippen molar-refractivity contribution < 1.29 is 9.59 Å². The molecule has 3 amide bonds. The van der Waals surface area contributed by atoms with Crippen LogP contribution in [-0.2, 0) is 6.54 Å². The van der Waals surface area contributed by atoms with Crippen LogP contribution < -0.4 is 10.6 Å². The summed E-state index contributed by atoms with van der Waals surface area (Å²) in [4.78, 5) is 27.3. The molecule has 1 saturated heterocycles. The Kier molecular flexibility index (Phi) is 7.22. The average molecular weight is 492 g/mol. The molecule has 0 unspecified atom stereocenters. The molecule has 0 aliphatic carbocycles. The van der Waals surface area contributed by atoms with Crippen LogP contribution in [0.15, 0.2) is 83.3 Å². The van der Waals surface area contributed by atoms with Gasteiger partial charge >= 0.3 is 6.03 Å². The number of rotatable bonds is 5. The predicted octanol–water partition coefficient (Wildman–Crippen LogP) is 5.79. The van der Waals surface area contributed by atoms with Crippen molar-refractivity contribution in [3.05, 3.63) is 100 Å². The molecule has 0 radical (unpaired) electrons. The maximum absolute atomic E-state index is 12.7. The Morgan fingerprint density at radius 1 is 0.969 bits per heavy atom. The Bertz CT molecular complexity index is 1090. The van der Waals surface area contributed by atoms with Crippen LogP contribution >= 0.6 is 15.9 Å². The number of likely N-dealkylation sites (tertiary alicyclic amines) is 1. The van der Waals surface area contributed by atoms with Crippen molar-refractivity contribution in [3.8, 4) is 0 Å². The van der Waals surface area contributed by atoms with Crippen molar-refractivity contribution in [3.63, 3.8) is 0 Å². The van der Waals surface area contributed by atoms with E-state index >= 15 is 0 Å². The number of amides is 3. The SMILES string of the molecule is O=C(NCc1cccc(Br)c1)c1cccc([C@H]2CCCN(C(=O)Nc3ccccc3)C2)c1. The van der Waals surface area contributed by atoms with E-state index in [1.165, 1.54) is 0 Å². The number of hydrogen-bond donors (Lipinski definition) is 2. The Morgan fingerprint density at radius 2 is 1.78 bits per heavy atom. The van der Waals surface area contributed by atoms with Crippen LogP contribution in [0.2, 0.25) is 0 Å². The lowest BCUT2D eigenvalue weighted by Crippen LogP contribution is -2.41. The van der Waals surface area contributed by atoms with E-state index in [0.29, 0.717) is 18.7 Å². The molecule has 3 aromatic rings. The van der Waals surface area contributed by atoms with Crippen molar-refractivity contribution in [2.45, 2.75) is 25.3 Å². The third-order valence-electron chi connectivity index (χ3n) is 5.70. The van der Waals surface area contributed by atoms with Gasteiger partial charge in [0.25, 0.3) is 5.91 Å². The Morgan fingerprint density at radius 3 is 2.59 bits per heavy atom. The lowest BCUT2D eigenvalue weighted by Gasteiger charge is -2.33. The fourth-order valence-corrected chi connectivity index (χ4v) is 4.47. The first-order valence-corrected chi connectivity index (χ1v) is 11.6. The molecule has 1 atom stereocenters. The van der Waals surface area contributed by atoms with E-state index in [2.05, 4.69) is 26.6 Å². The summed E-state index contributed by atoms with van der Waals surface area (Å²) in [5.41, 5.74) is 3.57. The monoisotopic (exact) mass is 491 g/mol. The molecule has 164 valence electrons. The van der Waals surface area contributed by atoms with Gasteiger partial charge in [0.15, 0.2) is 0 Å². The second-order valence-electron chi connectivity index (χ2n) is 8.02. The highest BCUT2D eigenvalue weighted by atomic mass is 79.9. The van der Waals surface area contributed by atoms with E-state index in [9.17, 15) is 9.59 Å². The summed E-state index contributed by atoms with van der Waals surface area (Å²) in [7, 11) is 0. The number of piperidine rings is 1. The molecule has 1 heterocycles. The first-order valence-electron chi connectivity index (χ1n) is 10.8. The number of para-hydroxylation sites is 1. The van der Waals surface area contributed by atoms with E-state index in [-0.39, 0.29) is 17.9 Å². The number of urea groups is 1. The van der Waals surface area contributed by atoms with Gasteiger partial charge in [-0.2, -0.15) is 0 Å². The zero-order valence-electron chi connectivity index (χ0n) is 17.8. The van der Waals surface area contributed by atoms with Crippen LogP contribution in [0.1, 0.15) is 40.2 Å². The number of nitrogens with one attached hydrogen (secondary N) is 2. The van der Waals surface area contributed by atoms with Gasteiger partial charge in [-0.1, -0.05) is 58.4 Å². The maximum Gasteiger partial charge on any atom is 0.321 e. The number of benzene rings is 3. The third-order valence-corrected chi connectivity index (χ3v) is 6.19. The first-order chi connectivity index (χ1) is 15.6. The van der Waals surface area contributed by atoms with Crippen LogP contribution in [-0.4, -0.2) is 29.9 Å². The van der Waals surface area contributed by atoms with Gasteiger partial charge in [0, 0.05) is 41.3 Å². The number of nitrogens with zero attached hydrogens (tertiary/aromatic N) is 1. The van der Waals surface area contributed by atoms with Crippen molar-refractivity contribution in [2.75, 3.05) is 18.4 Å².